The summed E-state index contributed by atoms with van der Waals surface area (Å²) in [6, 6.07) is 7.91. The molecule has 1 aliphatic heterocycles. The normalized spacial score (nSPS) is 17.8. The van der Waals surface area contributed by atoms with Gasteiger partial charge in [-0.2, -0.15) is 5.06 Å². The number of para-hydroxylation sites is 1. The van der Waals surface area contributed by atoms with Gasteiger partial charge in [-0.15, -0.1) is 0 Å². The molecule has 0 bridgehead atoms. The molecule has 0 amide bonds. The molecule has 3 rings (SSSR count). The van der Waals surface area contributed by atoms with Gasteiger partial charge in [-0.05, 0) is 45.7 Å². The molecule has 7 heteroatoms. The number of carbonyl (C=O) groups is 1. The molecule has 1 atom stereocenters. The third-order valence-electron chi connectivity index (χ3n) is 4.18. The van der Waals surface area contributed by atoms with Crippen LogP contribution in [0.2, 0.25) is 0 Å². The van der Waals surface area contributed by atoms with Gasteiger partial charge in [0.2, 0.25) is 0 Å². The van der Waals surface area contributed by atoms with Crippen molar-refractivity contribution in [2.75, 3.05) is 0 Å². The average Bonchev–Trinajstić information content (AvgIpc) is 2.84. The number of carbonyl (C=O) groups excluding carboxylic acids is 1. The molecular formula is C19H23FmN2O4-. The molecule has 6 nitrogen and oxygen atoms in total. The van der Waals surface area contributed by atoms with Crippen LogP contribution in [-0.2, 0) is 22.5 Å². The van der Waals surface area contributed by atoms with E-state index in [9.17, 15) is 4.79 Å². The van der Waals surface area contributed by atoms with Crippen molar-refractivity contribution in [1.82, 2.24) is 9.63 Å². The number of aromatic nitrogens is 1. The molecule has 26 heavy (non-hydrogen) atoms. The maximum absolute atomic E-state index is 12.8. The number of ether oxygens (including phenoxy) is 1. The van der Waals surface area contributed by atoms with E-state index in [0.717, 1.165) is 34.8 Å². The standard InChI is InChI=1S/C19H23N2O4.Fm/c1-13-11-15-14-7-5-6-8-16(14)21(18(23)25-19(2,3)4)17(15)12-20(13)24-10-9-22;/h5-9,13,22H,11-12H2,1-4H3;/q-1;. The maximum Gasteiger partial charge on any atom is 0.419 e. The van der Waals surface area contributed by atoms with Crippen LogP contribution in [0.1, 0.15) is 39.0 Å². The maximum atomic E-state index is 12.8. The number of fused-ring (bicyclic) bond motifs is 3. The Hall–Kier alpha value is -3.47. The molecule has 0 spiro atoms. The number of rotatable bonds is 2. The van der Waals surface area contributed by atoms with Crippen molar-refractivity contribution < 1.29 is 19.5 Å². The van der Waals surface area contributed by atoms with E-state index >= 15 is 0 Å². The van der Waals surface area contributed by atoms with Gasteiger partial charge in [-0.3, -0.25) is 0 Å². The Labute approximate surface area is 147 Å². The molecule has 0 radical (unpaired) electrons. The number of hydrogen-bond donors (Lipinski definition) is 1. The third kappa shape index (κ3) is 3.32. The zero-order chi connectivity index (χ0) is 18.2. The monoisotopic (exact) mass is 600 g/mol. The van der Waals surface area contributed by atoms with E-state index in [1.165, 1.54) is 0 Å². The molecule has 1 N–H and O–H groups in total. The van der Waals surface area contributed by atoms with E-state index in [4.69, 9.17) is 14.7 Å². The van der Waals surface area contributed by atoms with Crippen molar-refractivity contribution in [2.24, 2.45) is 0 Å². The molecule has 1 aliphatic rings. The number of aliphatic hydroxyl groups is 1. The van der Waals surface area contributed by atoms with E-state index in [1.54, 1.807) is 9.63 Å². The summed E-state index contributed by atoms with van der Waals surface area (Å²) in [5.74, 6) is 0. The van der Waals surface area contributed by atoms with Gasteiger partial charge in [0.15, 0.2) is 0 Å². The van der Waals surface area contributed by atoms with Gasteiger partial charge in [0.25, 0.3) is 0 Å². The summed E-state index contributed by atoms with van der Waals surface area (Å²) >= 11 is 0. The summed E-state index contributed by atoms with van der Waals surface area (Å²) in [5.41, 5.74) is 2.22. The summed E-state index contributed by atoms with van der Waals surface area (Å²) < 4.78 is 7.23. The minimum atomic E-state index is -0.582. The van der Waals surface area contributed by atoms with Crippen LogP contribution in [0.3, 0.4) is 0 Å². The Morgan fingerprint density at radius 2 is 2.04 bits per heavy atom. The van der Waals surface area contributed by atoms with E-state index in [1.807, 2.05) is 52.0 Å². The van der Waals surface area contributed by atoms with Gasteiger partial charge >= 0.3 is 6.09 Å². The molecule has 2 heterocycles. The van der Waals surface area contributed by atoms with Crippen molar-refractivity contribution in [3.05, 3.63) is 48.0 Å². The van der Waals surface area contributed by atoms with Crippen molar-refractivity contribution >= 4 is 17.0 Å². The first-order valence-electron chi connectivity index (χ1n) is 8.31. The average molecular weight is 600 g/mol. The first kappa shape index (κ1) is 18.9. The van der Waals surface area contributed by atoms with Crippen LogP contribution in [0.25, 0.3) is 10.9 Å². The summed E-state index contributed by atoms with van der Waals surface area (Å²) in [6.45, 7) is 7.97. The summed E-state index contributed by atoms with van der Waals surface area (Å²) in [6.07, 6.45) is 3.38. The topological polar surface area (TPSA) is 63.9 Å². The first-order chi connectivity index (χ1) is 11.8. The summed E-state index contributed by atoms with van der Waals surface area (Å²) in [4.78, 5) is 18.2. The molecule has 1 aromatic heterocycles. The molecule has 0 fully saturated rings. The van der Waals surface area contributed by atoms with E-state index in [0.29, 0.717) is 6.54 Å². The summed E-state index contributed by atoms with van der Waals surface area (Å²) in [7, 11) is 0. The Bertz CT molecular complexity index is 823. The van der Waals surface area contributed by atoms with Crippen LogP contribution in [0, 0.1) is 6.26 Å². The van der Waals surface area contributed by atoms with E-state index in [2.05, 4.69) is 6.26 Å². The quantitative estimate of drug-likeness (QED) is 0.419. The van der Waals surface area contributed by atoms with Crippen molar-refractivity contribution in [3.63, 3.8) is 0 Å². The second-order valence-corrected chi connectivity index (χ2v) is 7.22. The first-order valence-corrected chi connectivity index (χ1v) is 8.31. The number of nitrogens with zero attached hydrogens (tertiary/aromatic N) is 2. The zero-order valence-electron chi connectivity index (χ0n) is 15.2. The SMILES string of the molecule is CC1Cc2c(n(C(=O)OC(C)(C)C)c3ccccc23)CN1O[C-]=CO.[Fm]. The molecule has 146 valence electrons. The van der Waals surface area contributed by atoms with Gasteiger partial charge in [0, 0.05) is 11.4 Å². The van der Waals surface area contributed by atoms with Crippen LogP contribution in [0.5, 0.6) is 0 Å². The number of benzene rings is 1. The second kappa shape index (κ2) is 6.80. The predicted molar refractivity (Wildman–Crippen MR) is 93.8 cm³/mol. The zero-order valence-corrected chi connectivity index (χ0v) is 17.6. The minimum absolute atomic E-state index is 0. The molecule has 2 aromatic rings. The van der Waals surface area contributed by atoms with Crippen LogP contribution in [0.15, 0.2) is 30.5 Å². The Kier molecular flexibility index (Phi) is 4.93. The second-order valence-electron chi connectivity index (χ2n) is 7.22. The summed E-state index contributed by atoms with van der Waals surface area (Å²) in [5, 5.41) is 11.5. The van der Waals surface area contributed by atoms with Gasteiger partial charge in [0.1, 0.15) is 5.60 Å². The largest absolute Gasteiger partial charge is 0.606 e. The van der Waals surface area contributed by atoms with Crippen molar-refractivity contribution in [3.8, 4) is 0 Å². The number of hydroxylamine groups is 2. The fourth-order valence-corrected chi connectivity index (χ4v) is 3.18. The van der Waals surface area contributed by atoms with Crippen LogP contribution in [0.4, 0.5) is 4.79 Å². The molecule has 1 aromatic carbocycles. The molecule has 0 saturated carbocycles. The van der Waals surface area contributed by atoms with Gasteiger partial charge in [-0.1, -0.05) is 24.5 Å². The van der Waals surface area contributed by atoms with Gasteiger partial charge < -0.3 is 14.7 Å². The smallest absolute Gasteiger partial charge is 0.419 e. The van der Waals surface area contributed by atoms with Gasteiger partial charge in [-0.25, -0.2) is 15.6 Å². The van der Waals surface area contributed by atoms with Crippen molar-refractivity contribution in [1.29, 1.82) is 0 Å². The van der Waals surface area contributed by atoms with Crippen molar-refractivity contribution in [2.45, 2.75) is 52.3 Å². The minimum Gasteiger partial charge on any atom is -0.606 e. The van der Waals surface area contributed by atoms with E-state index < -0.39 is 11.7 Å². The van der Waals surface area contributed by atoms with E-state index in [-0.39, 0.29) is 6.04 Å². The number of hydrogen-bond acceptors (Lipinski definition) is 5. The molecule has 0 saturated heterocycles. The Morgan fingerprint density at radius 1 is 1.35 bits per heavy atom. The van der Waals surface area contributed by atoms with Gasteiger partial charge in [0.05, 0.1) is 17.8 Å². The van der Waals surface area contributed by atoms with Crippen LogP contribution < -0.4 is 0 Å². The van der Waals surface area contributed by atoms with Crippen LogP contribution in [-0.4, -0.2) is 32.5 Å². The van der Waals surface area contributed by atoms with Crippen LogP contribution >= 0.6 is 0 Å². The molecule has 0 aliphatic carbocycles. The third-order valence-corrected chi connectivity index (χ3v) is 4.18. The Morgan fingerprint density at radius 3 is 2.69 bits per heavy atom. The Balaban J connectivity index is 0.00000243. The molecular weight excluding hydrogens is 577 g/mol. The molecule has 1 unspecified atom stereocenters. The predicted octanol–water partition coefficient (Wildman–Crippen LogP) is 3.94. The number of aliphatic hydroxyl groups excluding tert-OH is 1. The fourth-order valence-electron chi connectivity index (χ4n) is 3.18. The fraction of sp³-hybridized carbons (Fsp3) is 0.421.